The Balaban J connectivity index is 1.94. The molecular formula is C20H23N3O2. The SMILES string of the molecule is CCCCC(=O)Nc1cc(-c2cn3cccc(C)c3n2)ccc1OC. The van der Waals surface area contributed by atoms with E-state index in [9.17, 15) is 4.79 Å². The van der Waals surface area contributed by atoms with Gasteiger partial charge in [0.2, 0.25) is 5.91 Å². The Labute approximate surface area is 147 Å². The second-order valence-corrected chi connectivity index (χ2v) is 6.12. The summed E-state index contributed by atoms with van der Waals surface area (Å²) in [7, 11) is 1.60. The normalized spacial score (nSPS) is 10.8. The van der Waals surface area contributed by atoms with Crippen LogP contribution in [0, 0.1) is 6.92 Å². The van der Waals surface area contributed by atoms with E-state index in [4.69, 9.17) is 9.72 Å². The summed E-state index contributed by atoms with van der Waals surface area (Å²) in [5.41, 5.74) is 4.53. The van der Waals surface area contributed by atoms with Crippen LogP contribution < -0.4 is 10.1 Å². The minimum atomic E-state index is 0.00291. The van der Waals surface area contributed by atoms with Gasteiger partial charge in [-0.1, -0.05) is 19.4 Å². The number of anilines is 1. The molecule has 1 amide bonds. The number of carbonyl (C=O) groups excluding carboxylic acids is 1. The van der Waals surface area contributed by atoms with Crippen LogP contribution in [0.3, 0.4) is 0 Å². The first-order valence-corrected chi connectivity index (χ1v) is 8.55. The number of nitrogens with zero attached hydrogens (tertiary/aromatic N) is 2. The van der Waals surface area contributed by atoms with E-state index in [-0.39, 0.29) is 5.91 Å². The smallest absolute Gasteiger partial charge is 0.224 e. The van der Waals surface area contributed by atoms with Crippen LogP contribution in [0.5, 0.6) is 5.75 Å². The standard InChI is InChI=1S/C20H23N3O2/c1-4-5-8-19(24)21-16-12-15(9-10-18(16)25-3)17-13-23-11-6-7-14(2)20(23)22-17/h6-7,9-13H,4-5,8H2,1-3H3,(H,21,24). The number of carbonyl (C=O) groups is 1. The third kappa shape index (κ3) is 3.65. The lowest BCUT2D eigenvalue weighted by molar-refractivity contribution is -0.116. The Morgan fingerprint density at radius 2 is 2.16 bits per heavy atom. The van der Waals surface area contributed by atoms with E-state index >= 15 is 0 Å². The van der Waals surface area contributed by atoms with Crippen LogP contribution >= 0.6 is 0 Å². The quantitative estimate of drug-likeness (QED) is 0.723. The monoisotopic (exact) mass is 337 g/mol. The largest absolute Gasteiger partial charge is 0.495 e. The van der Waals surface area contributed by atoms with Crippen LogP contribution in [0.2, 0.25) is 0 Å². The van der Waals surface area contributed by atoms with Crippen molar-refractivity contribution in [1.29, 1.82) is 0 Å². The summed E-state index contributed by atoms with van der Waals surface area (Å²) < 4.78 is 7.39. The van der Waals surface area contributed by atoms with Crippen LogP contribution in [0.15, 0.2) is 42.7 Å². The molecule has 5 nitrogen and oxygen atoms in total. The second kappa shape index (κ2) is 7.38. The van der Waals surface area contributed by atoms with E-state index in [1.807, 2.05) is 54.0 Å². The Morgan fingerprint density at radius 1 is 1.32 bits per heavy atom. The van der Waals surface area contributed by atoms with Crippen LogP contribution in [-0.2, 0) is 4.79 Å². The molecule has 0 spiro atoms. The molecule has 0 aliphatic heterocycles. The highest BCUT2D eigenvalue weighted by molar-refractivity contribution is 5.93. The predicted octanol–water partition coefficient (Wildman–Crippen LogP) is 4.45. The fraction of sp³-hybridized carbons (Fsp3) is 0.300. The lowest BCUT2D eigenvalue weighted by atomic mass is 10.1. The van der Waals surface area contributed by atoms with Crippen molar-refractivity contribution in [3.8, 4) is 17.0 Å². The molecule has 1 aromatic carbocycles. The number of nitrogens with one attached hydrogen (secondary N) is 1. The van der Waals surface area contributed by atoms with Crippen LogP contribution in [0.1, 0.15) is 31.7 Å². The van der Waals surface area contributed by atoms with Gasteiger partial charge in [-0.15, -0.1) is 0 Å². The number of ether oxygens (including phenoxy) is 1. The topological polar surface area (TPSA) is 55.6 Å². The summed E-state index contributed by atoms with van der Waals surface area (Å²) >= 11 is 0. The second-order valence-electron chi connectivity index (χ2n) is 6.12. The molecule has 25 heavy (non-hydrogen) atoms. The molecule has 0 atom stereocenters. The van der Waals surface area contributed by atoms with Gasteiger partial charge in [0, 0.05) is 24.4 Å². The average molecular weight is 337 g/mol. The van der Waals surface area contributed by atoms with Gasteiger partial charge in [0.1, 0.15) is 11.4 Å². The van der Waals surface area contributed by atoms with Gasteiger partial charge >= 0.3 is 0 Å². The molecule has 0 saturated heterocycles. The number of imidazole rings is 1. The first-order chi connectivity index (χ1) is 12.1. The van der Waals surface area contributed by atoms with Crippen LogP contribution in [-0.4, -0.2) is 22.4 Å². The van der Waals surface area contributed by atoms with E-state index < -0.39 is 0 Å². The average Bonchev–Trinajstić information content (AvgIpc) is 3.05. The van der Waals surface area contributed by atoms with E-state index in [1.165, 1.54) is 0 Å². The highest BCUT2D eigenvalue weighted by atomic mass is 16.5. The third-order valence-electron chi connectivity index (χ3n) is 4.20. The lowest BCUT2D eigenvalue weighted by Crippen LogP contribution is -2.11. The number of hydrogen-bond acceptors (Lipinski definition) is 3. The summed E-state index contributed by atoms with van der Waals surface area (Å²) in [4.78, 5) is 16.8. The number of methoxy groups -OCH3 is 1. The van der Waals surface area contributed by atoms with E-state index in [0.717, 1.165) is 35.3 Å². The molecule has 3 rings (SSSR count). The lowest BCUT2D eigenvalue weighted by Gasteiger charge is -2.11. The van der Waals surface area contributed by atoms with Gasteiger partial charge in [-0.3, -0.25) is 4.79 Å². The third-order valence-corrected chi connectivity index (χ3v) is 4.20. The Kier molecular flexibility index (Phi) is 5.03. The number of aryl methyl sites for hydroxylation is 1. The van der Waals surface area contributed by atoms with E-state index in [2.05, 4.69) is 12.2 Å². The zero-order valence-electron chi connectivity index (χ0n) is 14.9. The summed E-state index contributed by atoms with van der Waals surface area (Å²) in [6, 6.07) is 9.78. The molecule has 130 valence electrons. The van der Waals surface area contributed by atoms with Crippen LogP contribution in [0.25, 0.3) is 16.9 Å². The minimum absolute atomic E-state index is 0.00291. The van der Waals surface area contributed by atoms with Crippen molar-refractivity contribution in [3.05, 3.63) is 48.3 Å². The van der Waals surface area contributed by atoms with Crippen LogP contribution in [0.4, 0.5) is 5.69 Å². The Bertz CT molecular complexity index is 899. The predicted molar refractivity (Wildman–Crippen MR) is 100 cm³/mol. The van der Waals surface area contributed by atoms with Crippen molar-refractivity contribution in [1.82, 2.24) is 9.38 Å². The number of unbranched alkanes of at least 4 members (excludes halogenated alkanes) is 1. The van der Waals surface area contributed by atoms with E-state index in [0.29, 0.717) is 17.9 Å². The fourth-order valence-corrected chi connectivity index (χ4v) is 2.81. The maximum absolute atomic E-state index is 12.1. The molecule has 2 aromatic heterocycles. The van der Waals surface area contributed by atoms with Crippen molar-refractivity contribution in [2.75, 3.05) is 12.4 Å². The minimum Gasteiger partial charge on any atom is -0.495 e. The number of aromatic nitrogens is 2. The highest BCUT2D eigenvalue weighted by Crippen LogP contribution is 2.31. The van der Waals surface area contributed by atoms with Crippen molar-refractivity contribution in [2.24, 2.45) is 0 Å². The van der Waals surface area contributed by atoms with Gasteiger partial charge in [-0.05, 0) is 43.2 Å². The van der Waals surface area contributed by atoms with Gasteiger partial charge in [0.15, 0.2) is 0 Å². The maximum Gasteiger partial charge on any atom is 0.224 e. The number of fused-ring (bicyclic) bond motifs is 1. The molecule has 0 fully saturated rings. The Hall–Kier alpha value is -2.82. The van der Waals surface area contributed by atoms with Gasteiger partial charge < -0.3 is 14.5 Å². The molecule has 2 heterocycles. The summed E-state index contributed by atoms with van der Waals surface area (Å²) in [6.07, 6.45) is 6.35. The fourth-order valence-electron chi connectivity index (χ4n) is 2.81. The molecule has 0 unspecified atom stereocenters. The molecule has 5 heteroatoms. The molecule has 0 bridgehead atoms. The summed E-state index contributed by atoms with van der Waals surface area (Å²) in [5, 5.41) is 2.95. The number of pyridine rings is 1. The molecule has 1 N–H and O–H groups in total. The summed E-state index contributed by atoms with van der Waals surface area (Å²) in [6.45, 7) is 4.11. The number of benzene rings is 1. The van der Waals surface area contributed by atoms with Gasteiger partial charge in [-0.2, -0.15) is 0 Å². The summed E-state index contributed by atoms with van der Waals surface area (Å²) in [5.74, 6) is 0.650. The van der Waals surface area contributed by atoms with Crippen molar-refractivity contribution in [2.45, 2.75) is 33.1 Å². The maximum atomic E-state index is 12.1. The van der Waals surface area contributed by atoms with Crippen molar-refractivity contribution in [3.63, 3.8) is 0 Å². The zero-order chi connectivity index (χ0) is 17.8. The van der Waals surface area contributed by atoms with Gasteiger partial charge in [-0.25, -0.2) is 4.98 Å². The Morgan fingerprint density at radius 3 is 2.88 bits per heavy atom. The number of rotatable bonds is 6. The van der Waals surface area contributed by atoms with E-state index in [1.54, 1.807) is 7.11 Å². The molecular weight excluding hydrogens is 314 g/mol. The van der Waals surface area contributed by atoms with Crippen molar-refractivity contribution < 1.29 is 9.53 Å². The van der Waals surface area contributed by atoms with Gasteiger partial charge in [0.25, 0.3) is 0 Å². The first kappa shape index (κ1) is 17.0. The molecule has 0 aliphatic carbocycles. The van der Waals surface area contributed by atoms with Gasteiger partial charge in [0.05, 0.1) is 18.5 Å². The molecule has 0 aliphatic rings. The molecule has 0 radical (unpaired) electrons. The van der Waals surface area contributed by atoms with Crippen molar-refractivity contribution >= 4 is 17.2 Å². The zero-order valence-corrected chi connectivity index (χ0v) is 14.9. The first-order valence-electron chi connectivity index (χ1n) is 8.55. The highest BCUT2D eigenvalue weighted by Gasteiger charge is 2.12. The number of amides is 1. The molecule has 3 aromatic rings. The molecule has 0 saturated carbocycles. The number of hydrogen-bond donors (Lipinski definition) is 1.